The second-order valence-electron chi connectivity index (χ2n) is 7.28. The van der Waals surface area contributed by atoms with E-state index in [1.54, 1.807) is 0 Å². The monoisotopic (exact) mass is 383 g/mol. The lowest BCUT2D eigenvalue weighted by atomic mass is 9.95. The summed E-state index contributed by atoms with van der Waals surface area (Å²) in [5.41, 5.74) is 3.45. The van der Waals surface area contributed by atoms with Gasteiger partial charge in [0, 0.05) is 11.3 Å². The van der Waals surface area contributed by atoms with E-state index in [1.165, 1.54) is 5.56 Å². The molecule has 4 nitrogen and oxygen atoms in total. The van der Waals surface area contributed by atoms with Crippen molar-refractivity contribution in [3.05, 3.63) is 59.2 Å². The second kappa shape index (κ2) is 7.21. The summed E-state index contributed by atoms with van der Waals surface area (Å²) in [6.07, 6.45) is 1.08. The first-order valence-electron chi connectivity index (χ1n) is 9.61. The van der Waals surface area contributed by atoms with Gasteiger partial charge in [-0.1, -0.05) is 23.8 Å². The molecule has 0 aliphatic carbocycles. The third-order valence-corrected chi connectivity index (χ3v) is 6.51. The lowest BCUT2D eigenvalue weighted by Gasteiger charge is -2.26. The van der Waals surface area contributed by atoms with Gasteiger partial charge in [0.1, 0.15) is 11.4 Å². The molecule has 0 bridgehead atoms. The molecule has 0 spiro atoms. The van der Waals surface area contributed by atoms with E-state index >= 15 is 0 Å². The Labute approximate surface area is 165 Å². The smallest absolute Gasteiger partial charge is 0.316 e. The van der Waals surface area contributed by atoms with Gasteiger partial charge in [0.05, 0.1) is 13.2 Å². The van der Waals surface area contributed by atoms with Crippen LogP contribution in [0.25, 0.3) is 0 Å². The minimum absolute atomic E-state index is 0.535. The summed E-state index contributed by atoms with van der Waals surface area (Å²) in [6.45, 7) is 8.25. The van der Waals surface area contributed by atoms with Crippen molar-refractivity contribution < 1.29 is 14.4 Å². The fourth-order valence-electron chi connectivity index (χ4n) is 4.08. The molecule has 0 aromatic heterocycles. The van der Waals surface area contributed by atoms with Crippen molar-refractivity contribution >= 4 is 22.6 Å². The molecule has 1 unspecified atom stereocenters. The SMILES string of the molecule is CCOc1ccc(N2CC(O)(c3ccc(C)cc3C)[N+]3=C2SCCC3)cc1. The zero-order valence-corrected chi connectivity index (χ0v) is 17.1. The zero-order chi connectivity index (χ0) is 19.0. The highest BCUT2D eigenvalue weighted by molar-refractivity contribution is 8.13. The molecule has 0 radical (unpaired) electrons. The Morgan fingerprint density at radius 2 is 1.96 bits per heavy atom. The first-order chi connectivity index (χ1) is 13.0. The number of anilines is 1. The summed E-state index contributed by atoms with van der Waals surface area (Å²) in [7, 11) is 0. The minimum Gasteiger partial charge on any atom is -0.494 e. The first kappa shape index (κ1) is 18.4. The van der Waals surface area contributed by atoms with Gasteiger partial charge in [-0.05, 0) is 68.8 Å². The standard InChI is InChI=1S/C22H27N2O2S/c1-4-26-19-9-7-18(8-10-19)23-15-22(25,24-12-5-13-27-21(23)24)20-11-6-16(2)14-17(20)3/h6-11,14,25H,4-5,12-13,15H2,1-3H3/q+1. The summed E-state index contributed by atoms with van der Waals surface area (Å²) >= 11 is 1.83. The van der Waals surface area contributed by atoms with Crippen molar-refractivity contribution in [1.82, 2.24) is 0 Å². The van der Waals surface area contributed by atoms with Crippen LogP contribution >= 0.6 is 11.8 Å². The number of hydrogen-bond acceptors (Lipinski definition) is 4. The molecule has 5 heteroatoms. The van der Waals surface area contributed by atoms with Crippen LogP contribution < -0.4 is 9.64 Å². The van der Waals surface area contributed by atoms with E-state index < -0.39 is 5.72 Å². The first-order valence-corrected chi connectivity index (χ1v) is 10.6. The summed E-state index contributed by atoms with van der Waals surface area (Å²) in [5.74, 6) is 1.96. The summed E-state index contributed by atoms with van der Waals surface area (Å²) in [5, 5.41) is 13.0. The van der Waals surface area contributed by atoms with Gasteiger partial charge in [0.25, 0.3) is 5.72 Å². The molecule has 2 aliphatic rings. The third-order valence-electron chi connectivity index (χ3n) is 5.32. The predicted octanol–water partition coefficient (Wildman–Crippen LogP) is 3.87. The van der Waals surface area contributed by atoms with Gasteiger partial charge in [0.15, 0.2) is 6.54 Å². The van der Waals surface area contributed by atoms with Crippen molar-refractivity contribution in [1.29, 1.82) is 0 Å². The summed E-state index contributed by atoms with van der Waals surface area (Å²) < 4.78 is 7.77. The molecule has 2 aromatic carbocycles. The van der Waals surface area contributed by atoms with Crippen molar-refractivity contribution in [2.45, 2.75) is 32.9 Å². The Kier molecular flexibility index (Phi) is 4.91. The molecule has 1 atom stereocenters. The van der Waals surface area contributed by atoms with Gasteiger partial charge in [-0.2, -0.15) is 0 Å². The van der Waals surface area contributed by atoms with Crippen LogP contribution in [-0.2, 0) is 5.72 Å². The zero-order valence-electron chi connectivity index (χ0n) is 16.2. The van der Waals surface area contributed by atoms with Crippen LogP contribution in [0.2, 0.25) is 0 Å². The van der Waals surface area contributed by atoms with Gasteiger partial charge < -0.3 is 9.84 Å². The topological polar surface area (TPSA) is 35.7 Å². The van der Waals surface area contributed by atoms with Gasteiger partial charge in [-0.25, -0.2) is 9.48 Å². The maximum absolute atomic E-state index is 11.8. The van der Waals surface area contributed by atoms with Crippen molar-refractivity contribution in [2.75, 3.05) is 30.3 Å². The Hall–Kier alpha value is -1.98. The van der Waals surface area contributed by atoms with Crippen LogP contribution in [0.3, 0.4) is 0 Å². The van der Waals surface area contributed by atoms with Gasteiger partial charge in [-0.3, -0.25) is 0 Å². The maximum atomic E-state index is 11.8. The van der Waals surface area contributed by atoms with Crippen molar-refractivity contribution in [2.24, 2.45) is 0 Å². The van der Waals surface area contributed by atoms with Gasteiger partial charge >= 0.3 is 5.17 Å². The van der Waals surface area contributed by atoms with E-state index in [-0.39, 0.29) is 0 Å². The normalized spacial score (nSPS) is 22.1. The molecule has 2 aromatic rings. The van der Waals surface area contributed by atoms with Crippen LogP contribution in [0.1, 0.15) is 30.0 Å². The summed E-state index contributed by atoms with van der Waals surface area (Å²) in [4.78, 5) is 2.25. The van der Waals surface area contributed by atoms with Crippen LogP contribution in [0.4, 0.5) is 5.69 Å². The van der Waals surface area contributed by atoms with E-state index in [2.05, 4.69) is 53.7 Å². The number of aryl methyl sites for hydroxylation is 2. The number of amidine groups is 1. The summed E-state index contributed by atoms with van der Waals surface area (Å²) in [6, 6.07) is 14.5. The van der Waals surface area contributed by atoms with E-state index in [0.717, 1.165) is 46.4 Å². The number of thioether (sulfide) groups is 1. The lowest BCUT2D eigenvalue weighted by molar-refractivity contribution is -0.656. The van der Waals surface area contributed by atoms with E-state index in [9.17, 15) is 5.11 Å². The molecule has 142 valence electrons. The molecule has 0 saturated carbocycles. The fraction of sp³-hybridized carbons (Fsp3) is 0.409. The Morgan fingerprint density at radius 1 is 1.19 bits per heavy atom. The molecule has 1 N–H and O–H groups in total. The fourth-order valence-corrected chi connectivity index (χ4v) is 5.26. The Bertz CT molecular complexity index is 878. The number of benzene rings is 2. The number of nitrogens with zero attached hydrogens (tertiary/aromatic N) is 2. The molecule has 2 aliphatic heterocycles. The average Bonchev–Trinajstić information content (AvgIpc) is 2.97. The molecular weight excluding hydrogens is 356 g/mol. The van der Waals surface area contributed by atoms with Crippen LogP contribution in [0.15, 0.2) is 42.5 Å². The van der Waals surface area contributed by atoms with E-state index in [0.29, 0.717) is 13.2 Å². The Morgan fingerprint density at radius 3 is 2.67 bits per heavy atom. The second-order valence-corrected chi connectivity index (χ2v) is 8.35. The molecule has 0 saturated heterocycles. The molecule has 0 amide bonds. The molecular formula is C22H27N2O2S+. The molecule has 0 fully saturated rings. The third kappa shape index (κ3) is 3.23. The number of hydrogen-bond donors (Lipinski definition) is 1. The predicted molar refractivity (Wildman–Crippen MR) is 112 cm³/mol. The van der Waals surface area contributed by atoms with Crippen LogP contribution in [0.5, 0.6) is 5.75 Å². The quantitative estimate of drug-likeness (QED) is 0.813. The number of β-amino-alcohol motifs (C(OH)–C–C–N with tert-alkyl or cyclic N) is 1. The maximum Gasteiger partial charge on any atom is 0.316 e. The largest absolute Gasteiger partial charge is 0.494 e. The highest BCUT2D eigenvalue weighted by atomic mass is 32.2. The Balaban J connectivity index is 1.74. The average molecular weight is 384 g/mol. The lowest BCUT2D eigenvalue weighted by Crippen LogP contribution is -2.42. The molecule has 2 heterocycles. The van der Waals surface area contributed by atoms with Crippen molar-refractivity contribution in [3.8, 4) is 5.75 Å². The highest BCUT2D eigenvalue weighted by Gasteiger charge is 2.53. The van der Waals surface area contributed by atoms with Gasteiger partial charge in [-0.15, -0.1) is 0 Å². The molecule has 4 rings (SSSR count). The van der Waals surface area contributed by atoms with Gasteiger partial charge in [0.2, 0.25) is 0 Å². The highest BCUT2D eigenvalue weighted by Crippen LogP contribution is 2.39. The van der Waals surface area contributed by atoms with E-state index in [1.807, 2.05) is 30.8 Å². The number of aliphatic hydroxyl groups is 1. The number of rotatable bonds is 4. The molecule has 27 heavy (non-hydrogen) atoms. The minimum atomic E-state index is -1.00. The number of ether oxygens (including phenoxy) is 1. The van der Waals surface area contributed by atoms with Crippen LogP contribution in [-0.4, -0.2) is 40.3 Å². The van der Waals surface area contributed by atoms with Crippen molar-refractivity contribution in [3.63, 3.8) is 0 Å². The van der Waals surface area contributed by atoms with E-state index in [4.69, 9.17) is 4.74 Å². The van der Waals surface area contributed by atoms with Crippen LogP contribution in [0, 0.1) is 13.8 Å².